The van der Waals surface area contributed by atoms with Gasteiger partial charge in [-0.2, -0.15) is 4.31 Å². The van der Waals surface area contributed by atoms with Crippen LogP contribution in [-0.4, -0.2) is 42.5 Å². The molecule has 1 amide bonds. The van der Waals surface area contributed by atoms with Crippen molar-refractivity contribution < 1.29 is 17.9 Å². The highest BCUT2D eigenvalue weighted by Gasteiger charge is 2.26. The first-order valence-electron chi connectivity index (χ1n) is 11.1. The molecule has 0 aliphatic carbocycles. The van der Waals surface area contributed by atoms with Crippen LogP contribution in [0, 0.1) is 6.92 Å². The number of piperidine rings is 1. The largest absolute Gasteiger partial charge is 0.455 e. The molecule has 0 radical (unpaired) electrons. The molecule has 2 aromatic carbocycles. The average molecular weight is 498 g/mol. The van der Waals surface area contributed by atoms with Crippen LogP contribution in [-0.2, 0) is 14.8 Å². The van der Waals surface area contributed by atoms with Gasteiger partial charge < -0.3 is 10.1 Å². The number of benzene rings is 2. The summed E-state index contributed by atoms with van der Waals surface area (Å²) >= 11 is 1.24. The zero-order valence-corrected chi connectivity index (χ0v) is 20.6. The highest BCUT2D eigenvalue weighted by Crippen LogP contribution is 2.30. The Balaban J connectivity index is 1.34. The second kappa shape index (κ2) is 11.0. The molecule has 0 bridgehead atoms. The van der Waals surface area contributed by atoms with Crippen molar-refractivity contribution in [1.82, 2.24) is 9.29 Å². The van der Waals surface area contributed by atoms with Crippen LogP contribution >= 0.6 is 11.8 Å². The molecule has 1 aliphatic rings. The summed E-state index contributed by atoms with van der Waals surface area (Å²) in [4.78, 5) is 17.0. The van der Waals surface area contributed by atoms with Crippen molar-refractivity contribution in [2.24, 2.45) is 0 Å². The molecular weight excluding hydrogens is 470 g/mol. The maximum atomic E-state index is 12.8. The maximum Gasteiger partial charge on any atom is 0.244 e. The zero-order valence-electron chi connectivity index (χ0n) is 18.9. The molecule has 1 N–H and O–H groups in total. The van der Waals surface area contributed by atoms with E-state index in [0.29, 0.717) is 35.3 Å². The van der Waals surface area contributed by atoms with E-state index in [4.69, 9.17) is 4.74 Å². The fourth-order valence-corrected chi connectivity index (χ4v) is 5.68. The first-order chi connectivity index (χ1) is 16.4. The van der Waals surface area contributed by atoms with E-state index in [1.54, 1.807) is 24.3 Å². The number of nitrogens with one attached hydrogen (secondary N) is 1. The Bertz CT molecular complexity index is 1220. The van der Waals surface area contributed by atoms with E-state index in [0.717, 1.165) is 24.8 Å². The Morgan fingerprint density at radius 2 is 1.76 bits per heavy atom. The summed E-state index contributed by atoms with van der Waals surface area (Å²) in [6, 6.07) is 18.1. The number of amides is 1. The van der Waals surface area contributed by atoms with Crippen molar-refractivity contribution in [3.05, 3.63) is 72.4 Å². The number of para-hydroxylation sites is 2. The number of rotatable bonds is 8. The lowest BCUT2D eigenvalue weighted by atomic mass is 10.2. The molecule has 3 aromatic rings. The number of pyridine rings is 1. The molecule has 7 nitrogen and oxygen atoms in total. The van der Waals surface area contributed by atoms with Gasteiger partial charge in [0.15, 0.2) is 5.75 Å². The SMILES string of the molecule is Cc1ccc(Oc2ccccc2NC(=O)CSc2ccc(S(=O)(=O)N3CCCCC3)cn2)cc1. The predicted octanol–water partition coefficient (Wildman–Crippen LogP) is 5.09. The van der Waals surface area contributed by atoms with Crippen LogP contribution in [0.1, 0.15) is 24.8 Å². The normalized spacial score (nSPS) is 14.5. The molecule has 2 heterocycles. The molecule has 1 fully saturated rings. The van der Waals surface area contributed by atoms with Crippen LogP contribution in [0.5, 0.6) is 11.5 Å². The first kappa shape index (κ1) is 24.3. The van der Waals surface area contributed by atoms with E-state index in [1.165, 1.54) is 22.3 Å². The van der Waals surface area contributed by atoms with Crippen LogP contribution in [0.15, 0.2) is 76.8 Å². The molecule has 1 aromatic heterocycles. The number of aryl methyl sites for hydroxylation is 1. The molecule has 0 saturated carbocycles. The van der Waals surface area contributed by atoms with E-state index < -0.39 is 10.0 Å². The standard InChI is InChI=1S/C25H27N3O4S2/c1-19-9-11-20(12-10-19)32-23-8-4-3-7-22(23)27-24(29)18-33-25-14-13-21(17-26-25)34(30,31)28-15-5-2-6-16-28/h3-4,7-14,17H,2,5-6,15-16,18H2,1H3,(H,27,29). The van der Waals surface area contributed by atoms with Gasteiger partial charge in [-0.05, 0) is 56.2 Å². The predicted molar refractivity (Wildman–Crippen MR) is 134 cm³/mol. The highest BCUT2D eigenvalue weighted by atomic mass is 32.2. The fraction of sp³-hybridized carbons (Fsp3) is 0.280. The summed E-state index contributed by atoms with van der Waals surface area (Å²) in [7, 11) is -3.52. The second-order valence-electron chi connectivity index (χ2n) is 8.05. The van der Waals surface area contributed by atoms with E-state index >= 15 is 0 Å². The van der Waals surface area contributed by atoms with E-state index in [9.17, 15) is 13.2 Å². The number of anilines is 1. The minimum Gasteiger partial charge on any atom is -0.455 e. The molecule has 9 heteroatoms. The fourth-order valence-electron chi connectivity index (χ4n) is 3.58. The van der Waals surface area contributed by atoms with Gasteiger partial charge in [-0.25, -0.2) is 13.4 Å². The zero-order chi connectivity index (χ0) is 24.0. The minimum atomic E-state index is -3.52. The second-order valence-corrected chi connectivity index (χ2v) is 11.0. The summed E-state index contributed by atoms with van der Waals surface area (Å²) < 4.78 is 32.9. The Morgan fingerprint density at radius 1 is 1.03 bits per heavy atom. The van der Waals surface area contributed by atoms with Crippen LogP contribution in [0.4, 0.5) is 5.69 Å². The van der Waals surface area contributed by atoms with Crippen LogP contribution in [0.3, 0.4) is 0 Å². The molecular formula is C25H27N3O4S2. The third-order valence-electron chi connectivity index (χ3n) is 5.42. The third kappa shape index (κ3) is 6.16. The number of ether oxygens (including phenoxy) is 1. The molecule has 0 unspecified atom stereocenters. The van der Waals surface area contributed by atoms with Gasteiger partial charge in [0.2, 0.25) is 15.9 Å². The summed E-state index contributed by atoms with van der Waals surface area (Å²) in [6.45, 7) is 3.11. The van der Waals surface area contributed by atoms with Crippen molar-refractivity contribution in [3.63, 3.8) is 0 Å². The van der Waals surface area contributed by atoms with Gasteiger partial charge in [0.05, 0.1) is 16.5 Å². The van der Waals surface area contributed by atoms with Gasteiger partial charge in [-0.1, -0.05) is 48.0 Å². The summed E-state index contributed by atoms with van der Waals surface area (Å²) in [6.07, 6.45) is 4.20. The van der Waals surface area contributed by atoms with Crippen molar-refractivity contribution in [1.29, 1.82) is 0 Å². The molecule has 1 aliphatic heterocycles. The topological polar surface area (TPSA) is 88.6 Å². The van der Waals surface area contributed by atoms with Gasteiger partial charge in [-0.3, -0.25) is 4.79 Å². The number of hydrogen-bond donors (Lipinski definition) is 1. The summed E-state index contributed by atoms with van der Waals surface area (Å²) in [5.41, 5.74) is 1.71. The van der Waals surface area contributed by atoms with Gasteiger partial charge >= 0.3 is 0 Å². The van der Waals surface area contributed by atoms with Gasteiger partial charge in [0.1, 0.15) is 10.6 Å². The maximum absolute atomic E-state index is 12.8. The van der Waals surface area contributed by atoms with E-state index in [1.807, 2.05) is 43.3 Å². The first-order valence-corrected chi connectivity index (χ1v) is 13.6. The number of hydrogen-bond acceptors (Lipinski definition) is 6. The van der Waals surface area contributed by atoms with Gasteiger partial charge in [0, 0.05) is 19.3 Å². The van der Waals surface area contributed by atoms with Crippen LogP contribution in [0.25, 0.3) is 0 Å². The molecule has 0 spiro atoms. The number of sulfonamides is 1. The number of nitrogens with zero attached hydrogens (tertiary/aromatic N) is 2. The Morgan fingerprint density at radius 3 is 2.47 bits per heavy atom. The van der Waals surface area contributed by atoms with E-state index in [2.05, 4.69) is 10.3 Å². The lowest BCUT2D eigenvalue weighted by Crippen LogP contribution is -2.35. The van der Waals surface area contributed by atoms with Crippen molar-refractivity contribution >= 4 is 33.4 Å². The van der Waals surface area contributed by atoms with Gasteiger partial charge in [-0.15, -0.1) is 0 Å². The number of carbonyl (C=O) groups excluding carboxylic acids is 1. The number of thioether (sulfide) groups is 1. The van der Waals surface area contributed by atoms with Crippen LogP contribution < -0.4 is 10.1 Å². The van der Waals surface area contributed by atoms with Crippen molar-refractivity contribution in [2.75, 3.05) is 24.2 Å². The average Bonchev–Trinajstić information content (AvgIpc) is 2.86. The lowest BCUT2D eigenvalue weighted by Gasteiger charge is -2.25. The number of carbonyl (C=O) groups is 1. The molecule has 4 rings (SSSR count). The molecule has 1 saturated heterocycles. The van der Waals surface area contributed by atoms with Gasteiger partial charge in [0.25, 0.3) is 0 Å². The number of aromatic nitrogens is 1. The highest BCUT2D eigenvalue weighted by molar-refractivity contribution is 7.99. The third-order valence-corrected chi connectivity index (χ3v) is 8.25. The molecule has 34 heavy (non-hydrogen) atoms. The summed E-state index contributed by atoms with van der Waals surface area (Å²) in [5, 5.41) is 3.46. The molecule has 178 valence electrons. The molecule has 0 atom stereocenters. The van der Waals surface area contributed by atoms with E-state index in [-0.39, 0.29) is 16.6 Å². The Kier molecular flexibility index (Phi) is 7.87. The minimum absolute atomic E-state index is 0.129. The Labute approximate surface area is 204 Å². The summed E-state index contributed by atoms with van der Waals surface area (Å²) in [5.74, 6) is 1.15. The Hall–Kier alpha value is -2.88. The van der Waals surface area contributed by atoms with Crippen LogP contribution in [0.2, 0.25) is 0 Å². The smallest absolute Gasteiger partial charge is 0.244 e. The monoisotopic (exact) mass is 497 g/mol. The lowest BCUT2D eigenvalue weighted by molar-refractivity contribution is -0.113. The quantitative estimate of drug-likeness (QED) is 0.436. The van der Waals surface area contributed by atoms with Crippen molar-refractivity contribution in [2.45, 2.75) is 36.1 Å². The van der Waals surface area contributed by atoms with Crippen molar-refractivity contribution in [3.8, 4) is 11.5 Å².